The van der Waals surface area contributed by atoms with E-state index in [0.717, 1.165) is 12.2 Å². The first-order chi connectivity index (χ1) is 26.4. The number of amides is 2. The second-order valence-electron chi connectivity index (χ2n) is 11.0. The Morgan fingerprint density at radius 1 is 0.607 bits per heavy atom. The maximum absolute atomic E-state index is 13.4. The monoisotopic (exact) mass is 960 g/mol. The molecule has 0 saturated carbocycles. The first-order valence-electron chi connectivity index (χ1n) is 15.4. The molecule has 304 valence electrons. The molecule has 22 nitrogen and oxygen atoms in total. The molecule has 2 aromatic rings. The van der Waals surface area contributed by atoms with Crippen LogP contribution >= 0.6 is 0 Å². The van der Waals surface area contributed by atoms with Crippen molar-refractivity contribution in [3.05, 3.63) is 84.5 Å². The molecule has 1 atom stereocenters. The van der Waals surface area contributed by atoms with Gasteiger partial charge in [0.15, 0.2) is 11.4 Å². The van der Waals surface area contributed by atoms with E-state index in [9.17, 15) is 71.1 Å². The third kappa shape index (κ3) is 15.2. The number of benzene rings is 2. The average Bonchev–Trinajstić information content (AvgIpc) is 3.62. The van der Waals surface area contributed by atoms with Gasteiger partial charge in [-0.1, -0.05) is 36.5 Å². The van der Waals surface area contributed by atoms with Gasteiger partial charge in [-0.05, 0) is 56.3 Å². The Hall–Kier alpha value is -1.74. The van der Waals surface area contributed by atoms with Crippen molar-refractivity contribution in [1.82, 2.24) is 0 Å². The molecule has 0 fully saturated rings. The van der Waals surface area contributed by atoms with Gasteiger partial charge in [-0.15, -0.1) is 0 Å². The van der Waals surface area contributed by atoms with Crippen LogP contribution in [0.5, 0.6) is 0 Å². The molecule has 0 saturated heterocycles. The molecule has 2 heterocycles. The molecule has 30 heteroatoms. The SMILES string of the molecule is CCOC(=O)C1=NN(c2cc(S(=O)(=O)[O-])cc(S(=O)(=O)[O-])c2)C(=O)\C1=C/C=C/C=C/C=C/C1C(=O)N(c2cc(S(=O)(=O)[O-])cc(S(=O)(=O)[O-])c2)N=C1C(=O)OCC.[Na+].[Na+].[Na+].[Na+]. The average molecular weight is 961 g/mol. The van der Waals surface area contributed by atoms with E-state index >= 15 is 0 Å². The Morgan fingerprint density at radius 2 is 1.00 bits per heavy atom. The topological polar surface area (TPSA) is 347 Å². The number of allylic oxidation sites excluding steroid dienone is 6. The van der Waals surface area contributed by atoms with Crippen LogP contribution in [0.1, 0.15) is 13.8 Å². The van der Waals surface area contributed by atoms with E-state index in [4.69, 9.17) is 9.47 Å². The summed E-state index contributed by atoms with van der Waals surface area (Å²) >= 11 is 0. The number of rotatable bonds is 14. The Balaban J connectivity index is 0.00000900. The van der Waals surface area contributed by atoms with Crippen molar-refractivity contribution >= 4 is 87.0 Å². The molecule has 1 unspecified atom stereocenters. The first kappa shape index (κ1) is 59.3. The van der Waals surface area contributed by atoms with Gasteiger partial charge in [0.05, 0.1) is 49.7 Å². The second kappa shape index (κ2) is 24.0. The number of hydrogen-bond donors (Lipinski definition) is 0. The van der Waals surface area contributed by atoms with E-state index in [-0.39, 0.29) is 138 Å². The minimum atomic E-state index is -5.36. The van der Waals surface area contributed by atoms with Crippen LogP contribution in [0.2, 0.25) is 0 Å². The third-order valence-electron chi connectivity index (χ3n) is 7.19. The number of carbonyl (C=O) groups is 4. The smallest absolute Gasteiger partial charge is 0.744 e. The van der Waals surface area contributed by atoms with Crippen molar-refractivity contribution < 1.29 is 199 Å². The van der Waals surface area contributed by atoms with E-state index in [0.29, 0.717) is 40.3 Å². The summed E-state index contributed by atoms with van der Waals surface area (Å²) in [6, 6.07) is 2.84. The molecule has 0 radical (unpaired) electrons. The summed E-state index contributed by atoms with van der Waals surface area (Å²) < 4.78 is 150. The molecule has 2 aromatic carbocycles. The van der Waals surface area contributed by atoms with Gasteiger partial charge in [-0.25, -0.2) is 43.3 Å². The molecular weight excluding hydrogens is 937 g/mol. The maximum atomic E-state index is 13.4. The summed E-state index contributed by atoms with van der Waals surface area (Å²) in [5.41, 5.74) is -2.98. The third-order valence-corrected chi connectivity index (χ3v) is 10.4. The van der Waals surface area contributed by atoms with Gasteiger partial charge < -0.3 is 27.7 Å². The Bertz CT molecular complexity index is 2620. The number of ether oxygens (including phenoxy) is 2. The largest absolute Gasteiger partial charge is 1.00 e. The predicted molar refractivity (Wildman–Crippen MR) is 187 cm³/mol. The van der Waals surface area contributed by atoms with Gasteiger partial charge in [-0.3, -0.25) is 9.59 Å². The van der Waals surface area contributed by atoms with Gasteiger partial charge in [-0.2, -0.15) is 20.2 Å². The summed E-state index contributed by atoms with van der Waals surface area (Å²) in [6.07, 6.45) is 8.42. The molecule has 0 bridgehead atoms. The normalized spacial score (nSPS) is 16.5. The van der Waals surface area contributed by atoms with Crippen molar-refractivity contribution in [2.75, 3.05) is 23.2 Å². The van der Waals surface area contributed by atoms with Crippen molar-refractivity contribution in [2.45, 2.75) is 33.4 Å². The number of hydrogen-bond acceptors (Lipinski definition) is 20. The molecular formula is C31H24N4Na4O18S4. The van der Waals surface area contributed by atoms with Crippen LogP contribution < -0.4 is 128 Å². The maximum Gasteiger partial charge on any atom is 1.00 e. The fraction of sp³-hybridized carbons (Fsp3) is 0.161. The van der Waals surface area contributed by atoms with Gasteiger partial charge in [0.2, 0.25) is 0 Å². The molecule has 0 spiro atoms. The van der Waals surface area contributed by atoms with Crippen molar-refractivity contribution in [3.63, 3.8) is 0 Å². The Morgan fingerprint density at radius 3 is 1.43 bits per heavy atom. The summed E-state index contributed by atoms with van der Waals surface area (Å²) in [5.74, 6) is -5.99. The van der Waals surface area contributed by atoms with Crippen LogP contribution in [-0.4, -0.2) is 100 Å². The summed E-state index contributed by atoms with van der Waals surface area (Å²) in [6.45, 7) is 2.50. The number of esters is 2. The van der Waals surface area contributed by atoms with Crippen LogP contribution in [0.25, 0.3) is 0 Å². The van der Waals surface area contributed by atoms with Crippen LogP contribution in [0, 0.1) is 5.92 Å². The van der Waals surface area contributed by atoms with Crippen LogP contribution in [-0.2, 0) is 69.1 Å². The standard InChI is InChI=1S/C31H28N4O18S4.4Na/c1-3-52-30(38)26-24(28(36)34(32-26)18-12-20(54(40,41)42)16-21(13-18)55(43,44)45)10-8-6-5-7-9-11-25-27(31(39)53-4-2)33-35(29(25)37)19-14-22(56(46,47)48)17-23(15-19)57(49,50)51;;;;/h5-17,24H,3-4H2,1-2H3,(H,40,41,42)(H,43,44,45)(H,46,47,48)(H,49,50,51);;;;/q;4*+1/p-4/b6-5+,9-7+,10-8+,25-11-;;;;. The van der Waals surface area contributed by atoms with E-state index in [1.165, 1.54) is 44.2 Å². The van der Waals surface area contributed by atoms with Crippen LogP contribution in [0.3, 0.4) is 0 Å². The van der Waals surface area contributed by atoms with Gasteiger partial charge in [0.1, 0.15) is 46.4 Å². The quantitative estimate of drug-likeness (QED) is 0.0558. The summed E-state index contributed by atoms with van der Waals surface area (Å²) in [7, 11) is -21.4. The van der Waals surface area contributed by atoms with Gasteiger partial charge in [0, 0.05) is 0 Å². The summed E-state index contributed by atoms with van der Waals surface area (Å²) in [5, 5.41) is 8.38. The minimum absolute atomic E-state index is 0. The van der Waals surface area contributed by atoms with E-state index < -0.39 is 118 Å². The van der Waals surface area contributed by atoms with Crippen molar-refractivity contribution in [1.29, 1.82) is 0 Å². The fourth-order valence-corrected chi connectivity index (χ4v) is 7.04. The Kier molecular flexibility index (Phi) is 23.3. The number of hydrazone groups is 2. The molecule has 0 aliphatic carbocycles. The fourth-order valence-electron chi connectivity index (χ4n) is 4.74. The number of anilines is 2. The zero-order valence-electron chi connectivity index (χ0n) is 32.8. The van der Waals surface area contributed by atoms with E-state index in [2.05, 4.69) is 10.2 Å². The van der Waals surface area contributed by atoms with Crippen LogP contribution in [0.15, 0.2) is 114 Å². The second-order valence-corrected chi connectivity index (χ2v) is 16.5. The molecule has 4 rings (SSSR count). The zero-order chi connectivity index (χ0) is 42.7. The van der Waals surface area contributed by atoms with E-state index in [1.807, 2.05) is 0 Å². The number of nitrogens with zero attached hydrogens (tertiary/aromatic N) is 4. The molecule has 2 aliphatic rings. The van der Waals surface area contributed by atoms with Crippen molar-refractivity contribution in [3.8, 4) is 0 Å². The van der Waals surface area contributed by atoms with Gasteiger partial charge >= 0.3 is 130 Å². The minimum Gasteiger partial charge on any atom is -0.744 e. The van der Waals surface area contributed by atoms with Crippen LogP contribution in [0.4, 0.5) is 11.4 Å². The molecule has 0 aromatic heterocycles. The predicted octanol–water partition coefficient (Wildman–Crippen LogP) is -12.2. The van der Waals surface area contributed by atoms with E-state index in [1.54, 1.807) is 0 Å². The molecule has 61 heavy (non-hydrogen) atoms. The van der Waals surface area contributed by atoms with Crippen molar-refractivity contribution in [2.24, 2.45) is 16.1 Å². The number of carbonyl (C=O) groups excluding carboxylic acids is 4. The molecule has 2 amide bonds. The van der Waals surface area contributed by atoms with Gasteiger partial charge in [0.25, 0.3) is 11.8 Å². The zero-order valence-corrected chi connectivity index (χ0v) is 44.0. The first-order valence-corrected chi connectivity index (χ1v) is 21.1. The Labute approximate surface area is 437 Å². The molecule has 2 aliphatic heterocycles. The molecule has 0 N–H and O–H groups in total. The summed E-state index contributed by atoms with van der Waals surface area (Å²) in [4.78, 5) is 47.3.